The van der Waals surface area contributed by atoms with Crippen molar-refractivity contribution < 1.29 is 8.42 Å². The van der Waals surface area contributed by atoms with Crippen LogP contribution in [0.5, 0.6) is 0 Å². The van der Waals surface area contributed by atoms with Crippen molar-refractivity contribution in [2.75, 3.05) is 18.1 Å². The van der Waals surface area contributed by atoms with Gasteiger partial charge in [0.05, 0.1) is 11.5 Å². The quantitative estimate of drug-likeness (QED) is 0.584. The van der Waals surface area contributed by atoms with Gasteiger partial charge >= 0.3 is 0 Å². The van der Waals surface area contributed by atoms with E-state index in [1.165, 1.54) is 0 Å². The third-order valence-corrected chi connectivity index (χ3v) is 3.97. The summed E-state index contributed by atoms with van der Waals surface area (Å²) in [6.07, 6.45) is 0.832. The van der Waals surface area contributed by atoms with E-state index < -0.39 is 9.84 Å². The summed E-state index contributed by atoms with van der Waals surface area (Å²) in [5.41, 5.74) is 0. The molecule has 1 saturated heterocycles. The van der Waals surface area contributed by atoms with Crippen LogP contribution >= 0.6 is 22.9 Å². The Bertz CT molecular complexity index is 202. The Hall–Kier alpha value is 0.640. The number of rotatable bonds is 2. The summed E-state index contributed by atoms with van der Waals surface area (Å²) in [7, 11) is -2.66. The zero-order valence-corrected chi connectivity index (χ0v) is 8.48. The van der Waals surface area contributed by atoms with Crippen LogP contribution in [-0.2, 0) is 9.84 Å². The van der Waals surface area contributed by atoms with Gasteiger partial charge in [-0.1, -0.05) is 0 Å². The zero-order chi connectivity index (χ0) is 7.61. The monoisotopic (exact) mass is 275 g/mol. The molecule has 0 aromatic heterocycles. The van der Waals surface area contributed by atoms with E-state index in [1.807, 2.05) is 22.9 Å². The lowest BCUT2D eigenvalue weighted by molar-refractivity contribution is 0.585. The summed E-state index contributed by atoms with van der Waals surface area (Å²) >= 11 is 2.04. The maximum Gasteiger partial charge on any atom is 0.150 e. The SMILES string of the molecule is O=S1(=O)CCC(CNI)C1. The van der Waals surface area contributed by atoms with E-state index in [1.54, 1.807) is 0 Å². The highest BCUT2D eigenvalue weighted by atomic mass is 127. The van der Waals surface area contributed by atoms with E-state index in [2.05, 4.69) is 3.53 Å². The van der Waals surface area contributed by atoms with E-state index in [0.717, 1.165) is 13.0 Å². The highest BCUT2D eigenvalue weighted by molar-refractivity contribution is 14.1. The van der Waals surface area contributed by atoms with Crippen LogP contribution in [0.15, 0.2) is 0 Å². The first-order chi connectivity index (χ1) is 4.64. The van der Waals surface area contributed by atoms with Gasteiger partial charge in [-0.3, -0.25) is 3.53 Å². The minimum Gasteiger partial charge on any atom is -0.261 e. The van der Waals surface area contributed by atoms with Crippen molar-refractivity contribution in [3.05, 3.63) is 0 Å². The molecule has 0 aromatic rings. The topological polar surface area (TPSA) is 46.2 Å². The Morgan fingerprint density at radius 3 is 2.70 bits per heavy atom. The van der Waals surface area contributed by atoms with E-state index in [-0.39, 0.29) is 0 Å². The highest BCUT2D eigenvalue weighted by Crippen LogP contribution is 2.17. The molecule has 1 aliphatic heterocycles. The van der Waals surface area contributed by atoms with Crippen molar-refractivity contribution in [2.45, 2.75) is 6.42 Å². The second kappa shape index (κ2) is 3.36. The molecule has 10 heavy (non-hydrogen) atoms. The first-order valence-corrected chi connectivity index (χ1v) is 6.08. The van der Waals surface area contributed by atoms with Gasteiger partial charge in [0.15, 0.2) is 9.84 Å². The minimum absolute atomic E-state index is 0.349. The van der Waals surface area contributed by atoms with Crippen molar-refractivity contribution in [3.8, 4) is 0 Å². The molecule has 1 rings (SSSR count). The number of hydrogen-bond acceptors (Lipinski definition) is 3. The fourth-order valence-corrected chi connectivity index (χ4v) is 3.63. The van der Waals surface area contributed by atoms with Crippen LogP contribution < -0.4 is 3.53 Å². The summed E-state index contributed by atoms with van der Waals surface area (Å²) in [5.74, 6) is 1.11. The molecule has 0 spiro atoms. The molecule has 1 heterocycles. The lowest BCUT2D eigenvalue weighted by Gasteiger charge is -2.02. The second-order valence-corrected chi connectivity index (χ2v) is 5.60. The predicted octanol–water partition coefficient (Wildman–Crippen LogP) is 0.361. The molecule has 1 fully saturated rings. The molecule has 0 amide bonds. The summed E-state index contributed by atoms with van der Waals surface area (Å²) in [4.78, 5) is 0. The summed E-state index contributed by atoms with van der Waals surface area (Å²) in [5, 5.41) is 0. The fraction of sp³-hybridized carbons (Fsp3) is 1.00. The fourth-order valence-electron chi connectivity index (χ4n) is 1.14. The normalized spacial score (nSPS) is 30.7. The van der Waals surface area contributed by atoms with E-state index in [0.29, 0.717) is 17.4 Å². The summed E-state index contributed by atoms with van der Waals surface area (Å²) < 4.78 is 24.7. The highest BCUT2D eigenvalue weighted by Gasteiger charge is 2.26. The van der Waals surface area contributed by atoms with E-state index in [9.17, 15) is 8.42 Å². The largest absolute Gasteiger partial charge is 0.261 e. The lowest BCUT2D eigenvalue weighted by atomic mass is 10.1. The molecule has 0 saturated carbocycles. The minimum atomic E-state index is -2.66. The molecule has 1 unspecified atom stereocenters. The maximum absolute atomic E-state index is 10.9. The predicted molar refractivity (Wildman–Crippen MR) is 48.8 cm³/mol. The molecular weight excluding hydrogens is 265 g/mol. The van der Waals surface area contributed by atoms with Crippen molar-refractivity contribution in [2.24, 2.45) is 5.92 Å². The number of sulfone groups is 1. The van der Waals surface area contributed by atoms with Gasteiger partial charge in [0.1, 0.15) is 0 Å². The molecule has 0 bridgehead atoms. The van der Waals surface area contributed by atoms with Gasteiger partial charge in [0.25, 0.3) is 0 Å². The molecule has 0 aromatic carbocycles. The molecule has 60 valence electrons. The van der Waals surface area contributed by atoms with Crippen LogP contribution in [0.4, 0.5) is 0 Å². The van der Waals surface area contributed by atoms with Gasteiger partial charge in [-0.05, 0) is 12.3 Å². The van der Waals surface area contributed by atoms with Gasteiger partial charge in [0.2, 0.25) is 0 Å². The smallest absolute Gasteiger partial charge is 0.150 e. The average molecular weight is 275 g/mol. The van der Waals surface area contributed by atoms with Crippen molar-refractivity contribution in [1.29, 1.82) is 0 Å². The molecule has 0 aliphatic carbocycles. The lowest BCUT2D eigenvalue weighted by Crippen LogP contribution is -2.15. The van der Waals surface area contributed by atoms with E-state index >= 15 is 0 Å². The van der Waals surface area contributed by atoms with Crippen LogP contribution in [0, 0.1) is 5.92 Å². The van der Waals surface area contributed by atoms with Crippen LogP contribution in [0.3, 0.4) is 0 Å². The molecule has 1 atom stereocenters. The zero-order valence-electron chi connectivity index (χ0n) is 5.51. The summed E-state index contributed by atoms with van der Waals surface area (Å²) in [6.45, 7) is 0.819. The molecule has 1 N–H and O–H groups in total. The maximum atomic E-state index is 10.9. The van der Waals surface area contributed by atoms with Crippen LogP contribution in [0.1, 0.15) is 6.42 Å². The first-order valence-electron chi connectivity index (χ1n) is 3.18. The Balaban J connectivity index is 2.44. The van der Waals surface area contributed by atoms with Crippen molar-refractivity contribution in [1.82, 2.24) is 3.53 Å². The Morgan fingerprint density at radius 2 is 2.30 bits per heavy atom. The second-order valence-electron chi connectivity index (χ2n) is 2.61. The molecule has 5 heteroatoms. The van der Waals surface area contributed by atoms with E-state index in [4.69, 9.17) is 0 Å². The van der Waals surface area contributed by atoms with Crippen LogP contribution in [0.25, 0.3) is 0 Å². The van der Waals surface area contributed by atoms with Crippen molar-refractivity contribution >= 4 is 32.7 Å². The third-order valence-electron chi connectivity index (χ3n) is 1.69. The standard InChI is InChI=1S/C5H10INO2S/c6-7-3-5-1-2-10(8,9)4-5/h5,7H,1-4H2. The number of hydrogen-bond donors (Lipinski definition) is 1. The molecule has 0 radical (unpaired) electrons. The number of nitrogens with one attached hydrogen (secondary N) is 1. The van der Waals surface area contributed by atoms with Crippen molar-refractivity contribution in [3.63, 3.8) is 0 Å². The third kappa shape index (κ3) is 2.35. The average Bonchev–Trinajstić information content (AvgIpc) is 2.12. The summed E-state index contributed by atoms with van der Waals surface area (Å²) in [6, 6.07) is 0. The van der Waals surface area contributed by atoms with Gasteiger partial charge in [-0.2, -0.15) is 0 Å². The van der Waals surface area contributed by atoms with Gasteiger partial charge in [-0.15, -0.1) is 0 Å². The Labute approximate surface area is 75.0 Å². The molecular formula is C5H10INO2S. The van der Waals surface area contributed by atoms with Crippen LogP contribution in [-0.4, -0.2) is 26.5 Å². The number of halogens is 1. The van der Waals surface area contributed by atoms with Gasteiger partial charge in [0, 0.05) is 29.4 Å². The molecule has 1 aliphatic rings. The van der Waals surface area contributed by atoms with Crippen LogP contribution in [0.2, 0.25) is 0 Å². The Morgan fingerprint density at radius 1 is 1.60 bits per heavy atom. The first kappa shape index (κ1) is 8.73. The van der Waals surface area contributed by atoms with Gasteiger partial charge in [-0.25, -0.2) is 8.42 Å². The Kier molecular flexibility index (Phi) is 2.93. The molecule has 3 nitrogen and oxygen atoms in total. The van der Waals surface area contributed by atoms with Gasteiger partial charge < -0.3 is 0 Å².